The summed E-state index contributed by atoms with van der Waals surface area (Å²) in [5.74, 6) is -1.30. The second-order valence-corrected chi connectivity index (χ2v) is 6.85. The maximum Gasteiger partial charge on any atom is 0.335 e. The van der Waals surface area contributed by atoms with Crippen molar-refractivity contribution in [2.45, 2.75) is 0 Å². The van der Waals surface area contributed by atoms with Gasteiger partial charge < -0.3 is 10.2 Å². The summed E-state index contributed by atoms with van der Waals surface area (Å²) in [6, 6.07) is 10.8. The van der Waals surface area contributed by atoms with Crippen molar-refractivity contribution in [2.75, 3.05) is 7.05 Å². The number of phenolic OH excluding ortho intramolecular Hbond substituents is 1. The monoisotopic (exact) mass is 388 g/mol. The summed E-state index contributed by atoms with van der Waals surface area (Å²) >= 11 is 7.06. The van der Waals surface area contributed by atoms with Gasteiger partial charge >= 0.3 is 5.97 Å². The molecule has 6 nitrogen and oxygen atoms in total. The van der Waals surface area contributed by atoms with Gasteiger partial charge in [0.15, 0.2) is 5.17 Å². The van der Waals surface area contributed by atoms with E-state index >= 15 is 0 Å². The van der Waals surface area contributed by atoms with E-state index < -0.39 is 5.97 Å². The Hall–Kier alpha value is -2.77. The zero-order valence-corrected chi connectivity index (χ0v) is 15.1. The van der Waals surface area contributed by atoms with Crippen molar-refractivity contribution in [1.29, 1.82) is 0 Å². The Morgan fingerprint density at radius 1 is 1.27 bits per heavy atom. The molecule has 0 unspecified atom stereocenters. The first-order valence-corrected chi connectivity index (χ1v) is 8.63. The minimum absolute atomic E-state index is 0.0306. The number of aromatic carboxylic acids is 1. The molecule has 1 fully saturated rings. The first-order valence-electron chi connectivity index (χ1n) is 7.43. The van der Waals surface area contributed by atoms with E-state index in [1.165, 1.54) is 34.9 Å². The summed E-state index contributed by atoms with van der Waals surface area (Å²) in [6.45, 7) is 0. The lowest BCUT2D eigenvalue weighted by molar-refractivity contribution is -0.121. The lowest BCUT2D eigenvalue weighted by Gasteiger charge is -2.07. The molecule has 2 N–H and O–H groups in total. The van der Waals surface area contributed by atoms with Crippen LogP contribution in [0.4, 0.5) is 5.69 Å². The summed E-state index contributed by atoms with van der Waals surface area (Å²) in [4.78, 5) is 29.7. The van der Waals surface area contributed by atoms with Crippen LogP contribution >= 0.6 is 23.4 Å². The lowest BCUT2D eigenvalue weighted by Crippen LogP contribution is -2.23. The van der Waals surface area contributed by atoms with E-state index in [0.29, 0.717) is 21.3 Å². The van der Waals surface area contributed by atoms with Crippen molar-refractivity contribution in [3.8, 4) is 5.75 Å². The predicted molar refractivity (Wildman–Crippen MR) is 102 cm³/mol. The molecule has 1 saturated heterocycles. The molecular weight excluding hydrogens is 376 g/mol. The number of carboxylic acids is 1. The molecule has 3 rings (SSSR count). The molecule has 0 radical (unpaired) electrons. The molecule has 1 aliphatic heterocycles. The third-order valence-corrected chi connectivity index (χ3v) is 4.95. The van der Waals surface area contributed by atoms with Crippen LogP contribution in [0.15, 0.2) is 52.4 Å². The Labute approximate surface area is 158 Å². The SMILES string of the molecule is CN1C(=O)C(=Cc2ccc(O)c(Cl)c2)SC1=Nc1cccc(C(=O)O)c1. The summed E-state index contributed by atoms with van der Waals surface area (Å²) in [6.07, 6.45) is 1.66. The highest BCUT2D eigenvalue weighted by Crippen LogP contribution is 2.34. The van der Waals surface area contributed by atoms with E-state index in [0.717, 1.165) is 0 Å². The average molecular weight is 389 g/mol. The van der Waals surface area contributed by atoms with E-state index in [2.05, 4.69) is 4.99 Å². The molecule has 0 atom stereocenters. The quantitative estimate of drug-likeness (QED) is 0.776. The van der Waals surface area contributed by atoms with Crippen molar-refractivity contribution < 1.29 is 19.8 Å². The number of hydrogen-bond donors (Lipinski definition) is 2. The van der Waals surface area contributed by atoms with Gasteiger partial charge in [0, 0.05) is 7.05 Å². The summed E-state index contributed by atoms with van der Waals surface area (Å²) in [7, 11) is 1.60. The number of amidine groups is 1. The molecule has 1 aliphatic rings. The van der Waals surface area contributed by atoms with E-state index in [1.807, 2.05) is 0 Å². The molecule has 8 heteroatoms. The second kappa shape index (κ2) is 7.23. The number of carbonyl (C=O) groups is 2. The number of amides is 1. The Kier molecular flexibility index (Phi) is 5.01. The molecule has 1 heterocycles. The summed E-state index contributed by atoms with van der Waals surface area (Å²) < 4.78 is 0. The van der Waals surface area contributed by atoms with Gasteiger partial charge in [-0.25, -0.2) is 9.79 Å². The fraction of sp³-hybridized carbons (Fsp3) is 0.0556. The number of likely N-dealkylation sites (N-methyl/N-ethyl adjacent to an activating group) is 1. The Morgan fingerprint density at radius 3 is 2.73 bits per heavy atom. The van der Waals surface area contributed by atoms with Gasteiger partial charge in [0.2, 0.25) is 0 Å². The topological polar surface area (TPSA) is 90.2 Å². The van der Waals surface area contributed by atoms with Crippen LogP contribution in [0.5, 0.6) is 5.75 Å². The number of phenols is 1. The van der Waals surface area contributed by atoms with Crippen molar-refractivity contribution in [2.24, 2.45) is 4.99 Å². The fourth-order valence-corrected chi connectivity index (χ4v) is 3.41. The number of halogens is 1. The summed E-state index contributed by atoms with van der Waals surface area (Å²) in [5, 5.41) is 19.2. The smallest absolute Gasteiger partial charge is 0.335 e. The van der Waals surface area contributed by atoms with Crippen LogP contribution in [-0.4, -0.2) is 39.2 Å². The van der Waals surface area contributed by atoms with E-state index in [9.17, 15) is 14.7 Å². The van der Waals surface area contributed by atoms with Gasteiger partial charge in [-0.3, -0.25) is 9.69 Å². The van der Waals surface area contributed by atoms with Gasteiger partial charge in [-0.15, -0.1) is 0 Å². The van der Waals surface area contributed by atoms with E-state index in [-0.39, 0.29) is 22.2 Å². The van der Waals surface area contributed by atoms with E-state index in [1.54, 1.807) is 37.4 Å². The number of aromatic hydroxyl groups is 1. The molecule has 26 heavy (non-hydrogen) atoms. The van der Waals surface area contributed by atoms with E-state index in [4.69, 9.17) is 16.7 Å². The summed E-state index contributed by atoms with van der Waals surface area (Å²) in [5.41, 5.74) is 1.24. The number of hydrogen-bond acceptors (Lipinski definition) is 5. The molecule has 0 aromatic heterocycles. The number of carbonyl (C=O) groups excluding carboxylic acids is 1. The number of carboxylic acid groups (broad SMARTS) is 1. The Morgan fingerprint density at radius 2 is 2.04 bits per heavy atom. The van der Waals surface area contributed by atoms with Gasteiger partial charge in [-0.05, 0) is 53.7 Å². The number of thioether (sulfide) groups is 1. The molecule has 0 bridgehead atoms. The van der Waals surface area contributed by atoms with Gasteiger partial charge in [0.25, 0.3) is 5.91 Å². The van der Waals surface area contributed by atoms with Crippen LogP contribution in [0.25, 0.3) is 6.08 Å². The first-order chi connectivity index (χ1) is 12.3. The molecular formula is C18H13ClN2O4S. The fourth-order valence-electron chi connectivity index (χ4n) is 2.23. The molecule has 2 aromatic carbocycles. The van der Waals surface area contributed by atoms with Gasteiger partial charge in [0.1, 0.15) is 5.75 Å². The number of aliphatic imine (C=N–C) groups is 1. The highest BCUT2D eigenvalue weighted by Gasteiger charge is 2.30. The van der Waals surface area contributed by atoms with Gasteiger partial charge in [-0.2, -0.15) is 0 Å². The normalized spacial score (nSPS) is 17.3. The zero-order valence-electron chi connectivity index (χ0n) is 13.5. The highest BCUT2D eigenvalue weighted by molar-refractivity contribution is 8.18. The largest absolute Gasteiger partial charge is 0.506 e. The van der Waals surface area contributed by atoms with Crippen molar-refractivity contribution in [3.05, 3.63) is 63.5 Å². The molecule has 0 aliphatic carbocycles. The third kappa shape index (κ3) is 3.74. The number of nitrogens with zero attached hydrogens (tertiary/aromatic N) is 2. The van der Waals surface area contributed by atoms with Crippen molar-refractivity contribution in [1.82, 2.24) is 4.90 Å². The van der Waals surface area contributed by atoms with Gasteiger partial charge in [-0.1, -0.05) is 23.7 Å². The van der Waals surface area contributed by atoms with Crippen LogP contribution in [0, 0.1) is 0 Å². The predicted octanol–water partition coefficient (Wildman–Crippen LogP) is 3.98. The maximum absolute atomic E-state index is 12.4. The minimum Gasteiger partial charge on any atom is -0.506 e. The van der Waals surface area contributed by atoms with Crippen LogP contribution in [0.1, 0.15) is 15.9 Å². The van der Waals surface area contributed by atoms with Crippen molar-refractivity contribution >= 4 is 52.2 Å². The van der Waals surface area contributed by atoms with Crippen LogP contribution in [0.2, 0.25) is 5.02 Å². The third-order valence-electron chi connectivity index (χ3n) is 3.59. The second-order valence-electron chi connectivity index (χ2n) is 5.44. The molecule has 132 valence electrons. The highest BCUT2D eigenvalue weighted by atomic mass is 35.5. The first kappa shape index (κ1) is 18.0. The maximum atomic E-state index is 12.4. The Bertz CT molecular complexity index is 971. The van der Waals surface area contributed by atoms with Crippen molar-refractivity contribution in [3.63, 3.8) is 0 Å². The van der Waals surface area contributed by atoms with Crippen LogP contribution < -0.4 is 0 Å². The molecule has 0 spiro atoms. The molecule has 0 saturated carbocycles. The average Bonchev–Trinajstić information content (AvgIpc) is 2.86. The Balaban J connectivity index is 1.91. The minimum atomic E-state index is -1.04. The lowest BCUT2D eigenvalue weighted by atomic mass is 10.2. The van der Waals surface area contributed by atoms with Gasteiger partial charge in [0.05, 0.1) is 21.2 Å². The standard InChI is InChI=1S/C18H13ClN2O4S/c1-21-16(23)15(8-10-5-6-14(22)13(19)7-10)26-18(21)20-12-4-2-3-11(9-12)17(24)25/h2-9,22H,1H3,(H,24,25). The van der Waals surface area contributed by atoms with Crippen LogP contribution in [-0.2, 0) is 4.79 Å². The number of benzene rings is 2. The molecule has 1 amide bonds. The molecule has 2 aromatic rings. The number of rotatable bonds is 3. The van der Waals surface area contributed by atoms with Crippen LogP contribution in [0.3, 0.4) is 0 Å². The zero-order chi connectivity index (χ0) is 18.8.